The zero-order chi connectivity index (χ0) is 15.9. The van der Waals surface area contributed by atoms with Crippen LogP contribution in [0.5, 0.6) is 11.5 Å². The monoisotopic (exact) mass is 305 g/mol. The molecule has 2 atom stereocenters. The minimum absolute atomic E-state index is 0.290. The minimum Gasteiger partial charge on any atom is -0.493 e. The summed E-state index contributed by atoms with van der Waals surface area (Å²) in [6.07, 6.45) is 4.63. The van der Waals surface area contributed by atoms with Crippen molar-refractivity contribution in [3.8, 4) is 11.5 Å². The number of benzene rings is 1. The van der Waals surface area contributed by atoms with Crippen molar-refractivity contribution in [3.05, 3.63) is 29.8 Å². The molecule has 0 spiro atoms. The number of hydrogen-bond acceptors (Lipinski definition) is 4. The maximum absolute atomic E-state index is 5.90. The summed E-state index contributed by atoms with van der Waals surface area (Å²) in [5.74, 6) is 1.57. The maximum atomic E-state index is 5.90. The molecule has 4 heteroatoms. The highest BCUT2D eigenvalue weighted by Gasteiger charge is 2.21. The van der Waals surface area contributed by atoms with E-state index in [-0.39, 0.29) is 0 Å². The van der Waals surface area contributed by atoms with Crippen LogP contribution in [0, 0.1) is 0 Å². The molecule has 1 aliphatic heterocycles. The first-order valence-electron chi connectivity index (χ1n) is 7.93. The summed E-state index contributed by atoms with van der Waals surface area (Å²) in [4.78, 5) is 2.39. The first-order valence-corrected chi connectivity index (χ1v) is 7.93. The van der Waals surface area contributed by atoms with E-state index >= 15 is 0 Å². The fourth-order valence-corrected chi connectivity index (χ4v) is 2.85. The molecule has 0 aliphatic carbocycles. The SMILES string of the molecule is C/C=C/c1ccc(OCCN2CC(C)OC(C)C2)c(OC)c1. The van der Waals surface area contributed by atoms with Gasteiger partial charge in [-0.2, -0.15) is 0 Å². The van der Waals surface area contributed by atoms with E-state index in [1.54, 1.807) is 7.11 Å². The molecule has 0 saturated carbocycles. The van der Waals surface area contributed by atoms with Gasteiger partial charge in [0.1, 0.15) is 6.61 Å². The van der Waals surface area contributed by atoms with E-state index in [4.69, 9.17) is 14.2 Å². The molecule has 1 heterocycles. The Kier molecular flexibility index (Phi) is 6.28. The van der Waals surface area contributed by atoms with Gasteiger partial charge in [-0.1, -0.05) is 18.2 Å². The second-order valence-corrected chi connectivity index (χ2v) is 5.78. The Morgan fingerprint density at radius 3 is 2.59 bits per heavy atom. The van der Waals surface area contributed by atoms with Crippen molar-refractivity contribution in [3.63, 3.8) is 0 Å². The summed E-state index contributed by atoms with van der Waals surface area (Å²) < 4.78 is 17.1. The van der Waals surface area contributed by atoms with E-state index in [1.165, 1.54) is 0 Å². The van der Waals surface area contributed by atoms with Crippen LogP contribution in [0.25, 0.3) is 6.08 Å². The van der Waals surface area contributed by atoms with Gasteiger partial charge in [-0.05, 0) is 38.5 Å². The Morgan fingerprint density at radius 1 is 1.23 bits per heavy atom. The first-order chi connectivity index (χ1) is 10.6. The van der Waals surface area contributed by atoms with Crippen LogP contribution in [-0.2, 0) is 4.74 Å². The van der Waals surface area contributed by atoms with Crippen molar-refractivity contribution in [1.82, 2.24) is 4.90 Å². The van der Waals surface area contributed by atoms with E-state index in [2.05, 4.69) is 18.7 Å². The number of nitrogens with zero attached hydrogens (tertiary/aromatic N) is 1. The lowest BCUT2D eigenvalue weighted by Gasteiger charge is -2.35. The highest BCUT2D eigenvalue weighted by molar-refractivity contribution is 5.55. The van der Waals surface area contributed by atoms with Crippen LogP contribution in [0.4, 0.5) is 0 Å². The quantitative estimate of drug-likeness (QED) is 0.807. The van der Waals surface area contributed by atoms with Crippen LogP contribution in [-0.4, -0.2) is 50.5 Å². The molecule has 0 aromatic heterocycles. The standard InChI is InChI=1S/C18H27NO3/c1-5-6-16-7-8-17(18(11-16)20-4)21-10-9-19-12-14(2)22-15(3)13-19/h5-8,11,14-15H,9-10,12-13H2,1-4H3/b6-5+. The predicted molar refractivity (Wildman–Crippen MR) is 89.6 cm³/mol. The van der Waals surface area contributed by atoms with Crippen molar-refractivity contribution in [1.29, 1.82) is 0 Å². The normalized spacial score (nSPS) is 22.9. The van der Waals surface area contributed by atoms with Crippen LogP contribution in [0.15, 0.2) is 24.3 Å². The Balaban J connectivity index is 1.88. The molecular formula is C18H27NO3. The Hall–Kier alpha value is -1.52. The van der Waals surface area contributed by atoms with Gasteiger partial charge in [-0.25, -0.2) is 0 Å². The first kappa shape index (κ1) is 16.8. The molecule has 2 rings (SSSR count). The molecule has 0 N–H and O–H groups in total. The van der Waals surface area contributed by atoms with E-state index in [1.807, 2.05) is 37.3 Å². The molecule has 1 fully saturated rings. The molecule has 1 aromatic carbocycles. The van der Waals surface area contributed by atoms with Gasteiger partial charge in [-0.3, -0.25) is 4.90 Å². The highest BCUT2D eigenvalue weighted by atomic mass is 16.5. The van der Waals surface area contributed by atoms with E-state index in [9.17, 15) is 0 Å². The van der Waals surface area contributed by atoms with Gasteiger partial charge in [0.05, 0.1) is 19.3 Å². The lowest BCUT2D eigenvalue weighted by molar-refractivity contribution is -0.0699. The second kappa shape index (κ2) is 8.20. The zero-order valence-electron chi connectivity index (χ0n) is 14.0. The van der Waals surface area contributed by atoms with Gasteiger partial charge in [0.15, 0.2) is 11.5 Å². The van der Waals surface area contributed by atoms with E-state index in [0.717, 1.165) is 36.7 Å². The van der Waals surface area contributed by atoms with Gasteiger partial charge >= 0.3 is 0 Å². The molecule has 1 saturated heterocycles. The third kappa shape index (κ3) is 4.75. The zero-order valence-corrected chi connectivity index (χ0v) is 14.0. The fraction of sp³-hybridized carbons (Fsp3) is 0.556. The predicted octanol–water partition coefficient (Wildman–Crippen LogP) is 3.22. The van der Waals surface area contributed by atoms with Gasteiger partial charge in [-0.15, -0.1) is 0 Å². The van der Waals surface area contributed by atoms with Crippen LogP contribution in [0.3, 0.4) is 0 Å². The summed E-state index contributed by atoms with van der Waals surface area (Å²) in [5.41, 5.74) is 1.11. The molecule has 1 aliphatic rings. The lowest BCUT2D eigenvalue weighted by atomic mass is 10.2. The molecular weight excluding hydrogens is 278 g/mol. The molecule has 122 valence electrons. The van der Waals surface area contributed by atoms with Crippen molar-refractivity contribution in [2.24, 2.45) is 0 Å². The van der Waals surface area contributed by atoms with Crippen LogP contribution >= 0.6 is 0 Å². The highest BCUT2D eigenvalue weighted by Crippen LogP contribution is 2.28. The molecule has 0 amide bonds. The van der Waals surface area contributed by atoms with Gasteiger partial charge in [0, 0.05) is 19.6 Å². The van der Waals surface area contributed by atoms with E-state index < -0.39 is 0 Å². The van der Waals surface area contributed by atoms with Crippen LogP contribution in [0.2, 0.25) is 0 Å². The third-order valence-electron chi connectivity index (χ3n) is 3.71. The molecule has 2 unspecified atom stereocenters. The number of allylic oxidation sites excluding steroid dienone is 1. The number of morpholine rings is 1. The molecule has 22 heavy (non-hydrogen) atoms. The van der Waals surface area contributed by atoms with Crippen LogP contribution < -0.4 is 9.47 Å². The number of hydrogen-bond donors (Lipinski definition) is 0. The van der Waals surface area contributed by atoms with Gasteiger partial charge in [0.25, 0.3) is 0 Å². The van der Waals surface area contributed by atoms with Gasteiger partial charge in [0.2, 0.25) is 0 Å². The topological polar surface area (TPSA) is 30.9 Å². The smallest absolute Gasteiger partial charge is 0.161 e. The molecule has 4 nitrogen and oxygen atoms in total. The van der Waals surface area contributed by atoms with Crippen molar-refractivity contribution >= 4 is 6.08 Å². The molecule has 1 aromatic rings. The van der Waals surface area contributed by atoms with E-state index in [0.29, 0.717) is 18.8 Å². The Labute approximate surface area is 133 Å². The average molecular weight is 305 g/mol. The fourth-order valence-electron chi connectivity index (χ4n) is 2.85. The number of methoxy groups -OCH3 is 1. The third-order valence-corrected chi connectivity index (χ3v) is 3.71. The summed E-state index contributed by atoms with van der Waals surface area (Å²) in [7, 11) is 1.67. The maximum Gasteiger partial charge on any atom is 0.161 e. The largest absolute Gasteiger partial charge is 0.493 e. The minimum atomic E-state index is 0.290. The summed E-state index contributed by atoms with van der Waals surface area (Å²) in [6, 6.07) is 6.00. The Bertz CT molecular complexity index is 491. The molecule has 0 bridgehead atoms. The van der Waals surface area contributed by atoms with Gasteiger partial charge < -0.3 is 14.2 Å². The van der Waals surface area contributed by atoms with Crippen LogP contribution in [0.1, 0.15) is 26.3 Å². The number of ether oxygens (including phenoxy) is 3. The summed E-state index contributed by atoms with van der Waals surface area (Å²) in [6.45, 7) is 9.72. The summed E-state index contributed by atoms with van der Waals surface area (Å²) in [5, 5.41) is 0. The Morgan fingerprint density at radius 2 is 1.95 bits per heavy atom. The van der Waals surface area contributed by atoms with Crippen molar-refractivity contribution in [2.45, 2.75) is 33.0 Å². The van der Waals surface area contributed by atoms with Crippen molar-refractivity contribution in [2.75, 3.05) is 33.4 Å². The van der Waals surface area contributed by atoms with Crippen molar-refractivity contribution < 1.29 is 14.2 Å². The lowest BCUT2D eigenvalue weighted by Crippen LogP contribution is -2.46. The average Bonchev–Trinajstić information content (AvgIpc) is 2.48. The summed E-state index contributed by atoms with van der Waals surface area (Å²) >= 11 is 0. The number of rotatable bonds is 6. The second-order valence-electron chi connectivity index (χ2n) is 5.78. The molecule has 0 radical (unpaired) electrons.